The first-order valence-corrected chi connectivity index (χ1v) is 12.5. The van der Waals surface area contributed by atoms with Gasteiger partial charge in [0.2, 0.25) is 11.8 Å². The van der Waals surface area contributed by atoms with Crippen LogP contribution in [0.2, 0.25) is 0 Å². The van der Waals surface area contributed by atoms with Crippen LogP contribution in [0.25, 0.3) is 0 Å². The largest absolute Gasteiger partial charge is 0.339 e. The number of carbonyl (C=O) groups excluding carboxylic acids is 3. The van der Waals surface area contributed by atoms with Crippen molar-refractivity contribution in [3.8, 4) is 0 Å². The Morgan fingerprint density at radius 2 is 1.46 bits per heavy atom. The van der Waals surface area contributed by atoms with Gasteiger partial charge in [-0.3, -0.25) is 30.1 Å². The maximum Gasteiger partial charge on any atom is 0.252 e. The molecule has 0 bridgehead atoms. The molecule has 2 heterocycles. The highest BCUT2D eigenvalue weighted by molar-refractivity contribution is 7.09. The number of aromatic nitrogens is 1. The van der Waals surface area contributed by atoms with E-state index in [-0.39, 0.29) is 36.6 Å². The number of hydrogen-bond donors (Lipinski definition) is 2. The molecule has 3 amide bonds. The molecule has 4 rings (SSSR count). The van der Waals surface area contributed by atoms with Gasteiger partial charge in [-0.2, -0.15) is 0 Å². The number of rotatable bonds is 7. The number of thiazole rings is 1. The lowest BCUT2D eigenvalue weighted by molar-refractivity contribution is -0.134. The summed E-state index contributed by atoms with van der Waals surface area (Å²) in [7, 11) is 0. The van der Waals surface area contributed by atoms with E-state index in [1.54, 1.807) is 0 Å². The van der Waals surface area contributed by atoms with Crippen LogP contribution in [-0.2, 0) is 20.8 Å². The van der Waals surface area contributed by atoms with E-state index < -0.39 is 0 Å². The third-order valence-corrected chi connectivity index (χ3v) is 6.85. The number of hydrogen-bond acceptors (Lipinski definition) is 6. The summed E-state index contributed by atoms with van der Waals surface area (Å²) in [4.78, 5) is 46.0. The highest BCUT2D eigenvalue weighted by atomic mass is 32.1. The van der Waals surface area contributed by atoms with Crippen LogP contribution in [0.3, 0.4) is 0 Å². The smallest absolute Gasteiger partial charge is 0.252 e. The van der Waals surface area contributed by atoms with Gasteiger partial charge in [-0.25, -0.2) is 4.98 Å². The number of piperazine rings is 1. The fraction of sp³-hybridized carbons (Fsp3) is 0.308. The molecule has 1 aliphatic rings. The zero-order valence-electron chi connectivity index (χ0n) is 19.6. The first-order chi connectivity index (χ1) is 17.0. The topological polar surface area (TPSA) is 94.6 Å². The summed E-state index contributed by atoms with van der Waals surface area (Å²) in [5.74, 6) is -0.892. The quantitative estimate of drug-likeness (QED) is 0.494. The fourth-order valence-electron chi connectivity index (χ4n) is 4.13. The molecule has 35 heavy (non-hydrogen) atoms. The predicted octanol–water partition coefficient (Wildman–Crippen LogP) is 2.12. The fourth-order valence-corrected chi connectivity index (χ4v) is 4.90. The SMILES string of the molecule is Cc1csc(CC(=O)NNC(=O)CN2CCN(C(=O)C(c3ccccc3)c3ccccc3)CC2)n1. The number of nitrogens with one attached hydrogen (secondary N) is 2. The van der Waals surface area contributed by atoms with Crippen LogP contribution >= 0.6 is 11.3 Å². The number of nitrogens with zero attached hydrogens (tertiary/aromatic N) is 3. The minimum atomic E-state index is -0.357. The van der Waals surface area contributed by atoms with Crippen molar-refractivity contribution in [2.24, 2.45) is 0 Å². The van der Waals surface area contributed by atoms with Crippen LogP contribution < -0.4 is 10.9 Å². The third kappa shape index (κ3) is 6.74. The van der Waals surface area contributed by atoms with Crippen molar-refractivity contribution in [3.63, 3.8) is 0 Å². The standard InChI is InChI=1S/C26H29N5O3S/c1-19-18-35-24(27-19)16-22(32)28-29-23(33)17-30-12-14-31(15-13-30)26(34)25(20-8-4-2-5-9-20)21-10-6-3-7-11-21/h2-11,18,25H,12-17H2,1H3,(H,28,32)(H,29,33). The highest BCUT2D eigenvalue weighted by Gasteiger charge is 2.30. The number of amides is 3. The van der Waals surface area contributed by atoms with E-state index in [0.717, 1.165) is 16.8 Å². The van der Waals surface area contributed by atoms with E-state index in [1.807, 2.05) is 82.8 Å². The Balaban J connectivity index is 1.27. The van der Waals surface area contributed by atoms with Crippen LogP contribution in [0.1, 0.15) is 27.7 Å². The molecule has 0 aliphatic carbocycles. The monoisotopic (exact) mass is 491 g/mol. The van der Waals surface area contributed by atoms with Gasteiger partial charge in [0.1, 0.15) is 5.01 Å². The summed E-state index contributed by atoms with van der Waals surface area (Å²) >= 11 is 1.42. The minimum Gasteiger partial charge on any atom is -0.339 e. The average molecular weight is 492 g/mol. The second kappa shape index (κ2) is 11.7. The van der Waals surface area contributed by atoms with E-state index in [0.29, 0.717) is 31.2 Å². The molecular weight excluding hydrogens is 462 g/mol. The lowest BCUT2D eigenvalue weighted by Crippen LogP contribution is -2.53. The summed E-state index contributed by atoms with van der Waals surface area (Å²) in [6.07, 6.45) is 0.129. The van der Waals surface area contributed by atoms with Gasteiger partial charge in [0.25, 0.3) is 5.91 Å². The van der Waals surface area contributed by atoms with Crippen molar-refractivity contribution in [3.05, 3.63) is 87.9 Å². The van der Waals surface area contributed by atoms with E-state index in [2.05, 4.69) is 15.8 Å². The van der Waals surface area contributed by atoms with Crippen molar-refractivity contribution in [1.82, 2.24) is 25.6 Å². The highest BCUT2D eigenvalue weighted by Crippen LogP contribution is 2.27. The van der Waals surface area contributed by atoms with Crippen LogP contribution in [0.4, 0.5) is 0 Å². The lowest BCUT2D eigenvalue weighted by Gasteiger charge is -2.36. The molecule has 1 saturated heterocycles. The van der Waals surface area contributed by atoms with Gasteiger partial charge >= 0.3 is 0 Å². The van der Waals surface area contributed by atoms with Gasteiger partial charge in [-0.15, -0.1) is 11.3 Å². The van der Waals surface area contributed by atoms with Crippen molar-refractivity contribution >= 4 is 29.1 Å². The molecular formula is C26H29N5O3S. The van der Waals surface area contributed by atoms with E-state index >= 15 is 0 Å². The number of benzene rings is 2. The zero-order valence-corrected chi connectivity index (χ0v) is 20.5. The molecule has 2 aromatic carbocycles. The zero-order chi connectivity index (χ0) is 24.6. The van der Waals surface area contributed by atoms with Gasteiger partial charge in [-0.1, -0.05) is 60.7 Å². The Morgan fingerprint density at radius 3 is 2.00 bits per heavy atom. The molecule has 3 aromatic rings. The molecule has 0 unspecified atom stereocenters. The van der Waals surface area contributed by atoms with Gasteiger partial charge in [-0.05, 0) is 18.1 Å². The van der Waals surface area contributed by atoms with Crippen molar-refractivity contribution in [1.29, 1.82) is 0 Å². The normalized spacial score (nSPS) is 14.1. The molecule has 0 atom stereocenters. The van der Waals surface area contributed by atoms with Crippen LogP contribution in [0, 0.1) is 6.92 Å². The molecule has 8 nitrogen and oxygen atoms in total. The Bertz CT molecular complexity index is 1100. The Kier molecular flexibility index (Phi) is 8.23. The van der Waals surface area contributed by atoms with Crippen molar-refractivity contribution in [2.45, 2.75) is 19.3 Å². The minimum absolute atomic E-state index is 0.0659. The maximum atomic E-state index is 13.5. The predicted molar refractivity (Wildman–Crippen MR) is 135 cm³/mol. The lowest BCUT2D eigenvalue weighted by atomic mass is 9.90. The van der Waals surface area contributed by atoms with Gasteiger partial charge in [0.15, 0.2) is 0 Å². The molecule has 0 saturated carbocycles. The first kappa shape index (κ1) is 24.6. The number of carbonyl (C=O) groups is 3. The van der Waals surface area contributed by atoms with Crippen LogP contribution in [-0.4, -0.2) is 65.2 Å². The van der Waals surface area contributed by atoms with E-state index in [1.165, 1.54) is 11.3 Å². The average Bonchev–Trinajstić information content (AvgIpc) is 3.29. The number of aryl methyl sites for hydroxylation is 1. The molecule has 0 spiro atoms. The summed E-state index contributed by atoms with van der Waals surface area (Å²) in [5, 5.41) is 2.59. The van der Waals surface area contributed by atoms with E-state index in [9.17, 15) is 14.4 Å². The summed E-state index contributed by atoms with van der Waals surface area (Å²) in [6, 6.07) is 19.6. The molecule has 1 fully saturated rings. The van der Waals surface area contributed by atoms with Crippen LogP contribution in [0.5, 0.6) is 0 Å². The first-order valence-electron chi connectivity index (χ1n) is 11.6. The molecule has 182 valence electrons. The maximum absolute atomic E-state index is 13.5. The molecule has 1 aromatic heterocycles. The Morgan fingerprint density at radius 1 is 0.886 bits per heavy atom. The van der Waals surface area contributed by atoms with Crippen LogP contribution in [0.15, 0.2) is 66.0 Å². The molecule has 2 N–H and O–H groups in total. The Hall–Kier alpha value is -3.56. The van der Waals surface area contributed by atoms with E-state index in [4.69, 9.17) is 0 Å². The van der Waals surface area contributed by atoms with Gasteiger partial charge in [0.05, 0.1) is 18.9 Å². The van der Waals surface area contributed by atoms with Gasteiger partial charge in [0, 0.05) is 37.3 Å². The molecule has 9 heteroatoms. The second-order valence-corrected chi connectivity index (χ2v) is 9.45. The third-order valence-electron chi connectivity index (χ3n) is 5.88. The Labute approximate surface area is 208 Å². The van der Waals surface area contributed by atoms with Crippen molar-refractivity contribution < 1.29 is 14.4 Å². The summed E-state index contributed by atoms with van der Waals surface area (Å²) < 4.78 is 0. The molecule has 0 radical (unpaired) electrons. The summed E-state index contributed by atoms with van der Waals surface area (Å²) in [5.41, 5.74) is 7.72. The second-order valence-electron chi connectivity index (χ2n) is 8.51. The molecule has 1 aliphatic heterocycles. The van der Waals surface area contributed by atoms with Crippen molar-refractivity contribution in [2.75, 3.05) is 32.7 Å². The van der Waals surface area contributed by atoms with Gasteiger partial charge < -0.3 is 4.90 Å². The number of hydrazine groups is 1. The summed E-state index contributed by atoms with van der Waals surface area (Å²) in [6.45, 7) is 4.27.